The summed E-state index contributed by atoms with van der Waals surface area (Å²) >= 11 is 0. The Morgan fingerprint density at radius 3 is 2.29 bits per heavy atom. The standard InChI is InChI=1S/C11H25N3/c1-5-13-10-6-9(12-2)7-11(8-10)14(3)4/h9-13H,5-8H2,1-4H3. The van der Waals surface area contributed by atoms with Crippen LogP contribution in [0.25, 0.3) is 0 Å². The van der Waals surface area contributed by atoms with Crippen molar-refractivity contribution in [1.82, 2.24) is 15.5 Å². The predicted octanol–water partition coefficient (Wildman–Crippen LogP) is 0.667. The second-order valence-electron chi connectivity index (χ2n) is 4.56. The zero-order valence-electron chi connectivity index (χ0n) is 10.0. The van der Waals surface area contributed by atoms with Crippen molar-refractivity contribution in [2.75, 3.05) is 27.7 Å². The minimum Gasteiger partial charge on any atom is -0.317 e. The van der Waals surface area contributed by atoms with Crippen molar-refractivity contribution in [3.8, 4) is 0 Å². The molecule has 0 aliphatic heterocycles. The van der Waals surface area contributed by atoms with Crippen molar-refractivity contribution in [2.45, 2.75) is 44.3 Å². The molecule has 1 aliphatic rings. The maximum absolute atomic E-state index is 3.57. The molecule has 3 unspecified atom stereocenters. The molecule has 0 aromatic heterocycles. The molecule has 3 nitrogen and oxygen atoms in total. The molecule has 0 saturated heterocycles. The van der Waals surface area contributed by atoms with Crippen LogP contribution in [0.4, 0.5) is 0 Å². The molecule has 3 atom stereocenters. The lowest BCUT2D eigenvalue weighted by molar-refractivity contribution is 0.174. The topological polar surface area (TPSA) is 27.3 Å². The van der Waals surface area contributed by atoms with Gasteiger partial charge < -0.3 is 15.5 Å². The first-order valence-corrected chi connectivity index (χ1v) is 5.74. The van der Waals surface area contributed by atoms with E-state index in [1.807, 2.05) is 0 Å². The number of nitrogens with one attached hydrogen (secondary N) is 2. The Bertz CT molecular complexity index is 159. The van der Waals surface area contributed by atoms with Crippen LogP contribution in [0, 0.1) is 0 Å². The van der Waals surface area contributed by atoms with E-state index >= 15 is 0 Å². The second kappa shape index (κ2) is 5.69. The fourth-order valence-corrected chi connectivity index (χ4v) is 2.40. The summed E-state index contributed by atoms with van der Waals surface area (Å²) in [4.78, 5) is 2.36. The summed E-state index contributed by atoms with van der Waals surface area (Å²) < 4.78 is 0. The zero-order chi connectivity index (χ0) is 10.6. The monoisotopic (exact) mass is 199 g/mol. The smallest absolute Gasteiger partial charge is 0.0119 e. The highest BCUT2D eigenvalue weighted by atomic mass is 15.1. The van der Waals surface area contributed by atoms with Crippen LogP contribution >= 0.6 is 0 Å². The van der Waals surface area contributed by atoms with Gasteiger partial charge >= 0.3 is 0 Å². The van der Waals surface area contributed by atoms with Crippen LogP contribution < -0.4 is 10.6 Å². The normalized spacial score (nSPS) is 33.6. The maximum atomic E-state index is 3.57. The summed E-state index contributed by atoms with van der Waals surface area (Å²) in [6, 6.07) is 2.10. The Morgan fingerprint density at radius 2 is 1.79 bits per heavy atom. The van der Waals surface area contributed by atoms with Crippen molar-refractivity contribution in [2.24, 2.45) is 0 Å². The maximum Gasteiger partial charge on any atom is 0.0119 e. The van der Waals surface area contributed by atoms with Gasteiger partial charge in [-0.25, -0.2) is 0 Å². The highest BCUT2D eigenvalue weighted by Crippen LogP contribution is 2.21. The lowest BCUT2D eigenvalue weighted by atomic mass is 9.86. The number of hydrogen-bond donors (Lipinski definition) is 2. The van der Waals surface area contributed by atoms with Crippen LogP contribution in [-0.2, 0) is 0 Å². The van der Waals surface area contributed by atoms with E-state index in [1.165, 1.54) is 19.3 Å². The molecule has 2 N–H and O–H groups in total. The summed E-state index contributed by atoms with van der Waals surface area (Å²) in [6.07, 6.45) is 3.85. The lowest BCUT2D eigenvalue weighted by Gasteiger charge is -2.38. The van der Waals surface area contributed by atoms with Gasteiger partial charge in [0.15, 0.2) is 0 Å². The van der Waals surface area contributed by atoms with Crippen molar-refractivity contribution < 1.29 is 0 Å². The summed E-state index contributed by atoms with van der Waals surface area (Å²) in [5.74, 6) is 0. The minimum absolute atomic E-state index is 0.681. The number of hydrogen-bond acceptors (Lipinski definition) is 3. The summed E-state index contributed by atoms with van der Waals surface area (Å²) in [5.41, 5.74) is 0. The first-order chi connectivity index (χ1) is 6.67. The molecule has 0 aromatic rings. The van der Waals surface area contributed by atoms with Gasteiger partial charge in [-0.15, -0.1) is 0 Å². The Hall–Kier alpha value is -0.120. The molecular formula is C11H25N3. The van der Waals surface area contributed by atoms with Crippen LogP contribution in [0.15, 0.2) is 0 Å². The lowest BCUT2D eigenvalue weighted by Crippen LogP contribution is -2.49. The van der Waals surface area contributed by atoms with Gasteiger partial charge in [-0.2, -0.15) is 0 Å². The van der Waals surface area contributed by atoms with Gasteiger partial charge in [0.05, 0.1) is 0 Å². The molecule has 0 radical (unpaired) electrons. The third-order valence-electron chi connectivity index (χ3n) is 3.31. The van der Waals surface area contributed by atoms with E-state index in [0.29, 0.717) is 12.1 Å². The van der Waals surface area contributed by atoms with E-state index in [-0.39, 0.29) is 0 Å². The molecule has 0 aromatic carbocycles. The average molecular weight is 199 g/mol. The molecule has 1 aliphatic carbocycles. The van der Waals surface area contributed by atoms with Crippen LogP contribution in [0.1, 0.15) is 26.2 Å². The van der Waals surface area contributed by atoms with E-state index in [9.17, 15) is 0 Å². The molecular weight excluding hydrogens is 174 g/mol. The quantitative estimate of drug-likeness (QED) is 0.697. The molecule has 0 amide bonds. The third-order valence-corrected chi connectivity index (χ3v) is 3.31. The van der Waals surface area contributed by atoms with E-state index in [0.717, 1.165) is 12.6 Å². The van der Waals surface area contributed by atoms with Gasteiger partial charge in [0.1, 0.15) is 0 Å². The van der Waals surface area contributed by atoms with Gasteiger partial charge in [0.2, 0.25) is 0 Å². The Kier molecular flexibility index (Phi) is 4.85. The third kappa shape index (κ3) is 3.23. The number of nitrogens with zero attached hydrogens (tertiary/aromatic N) is 1. The zero-order valence-corrected chi connectivity index (χ0v) is 10.0. The number of rotatable bonds is 4. The van der Waals surface area contributed by atoms with Gasteiger partial charge in [-0.3, -0.25) is 0 Å². The van der Waals surface area contributed by atoms with Gasteiger partial charge in [0, 0.05) is 18.1 Å². The first-order valence-electron chi connectivity index (χ1n) is 5.74. The highest BCUT2D eigenvalue weighted by molar-refractivity contribution is 4.89. The largest absolute Gasteiger partial charge is 0.317 e. The van der Waals surface area contributed by atoms with E-state index < -0.39 is 0 Å². The van der Waals surface area contributed by atoms with Crippen molar-refractivity contribution in [1.29, 1.82) is 0 Å². The van der Waals surface area contributed by atoms with Crippen LogP contribution in [0.3, 0.4) is 0 Å². The fraction of sp³-hybridized carbons (Fsp3) is 1.00. The SMILES string of the molecule is CCNC1CC(NC)CC(N(C)C)C1. The van der Waals surface area contributed by atoms with Crippen molar-refractivity contribution in [3.05, 3.63) is 0 Å². The van der Waals surface area contributed by atoms with Gasteiger partial charge in [-0.05, 0) is 47.0 Å². The second-order valence-corrected chi connectivity index (χ2v) is 4.56. The minimum atomic E-state index is 0.681. The predicted molar refractivity (Wildman–Crippen MR) is 61.6 cm³/mol. The summed E-state index contributed by atoms with van der Waals surface area (Å²) in [7, 11) is 6.45. The molecule has 14 heavy (non-hydrogen) atoms. The average Bonchev–Trinajstić information content (AvgIpc) is 2.17. The summed E-state index contributed by atoms with van der Waals surface area (Å²) in [5, 5.41) is 6.98. The van der Waals surface area contributed by atoms with E-state index in [1.54, 1.807) is 0 Å². The van der Waals surface area contributed by atoms with Crippen molar-refractivity contribution >= 4 is 0 Å². The Labute approximate surface area is 88.2 Å². The van der Waals surface area contributed by atoms with Crippen LogP contribution in [-0.4, -0.2) is 50.7 Å². The molecule has 0 bridgehead atoms. The molecule has 1 saturated carbocycles. The molecule has 0 heterocycles. The van der Waals surface area contributed by atoms with Gasteiger partial charge in [0.25, 0.3) is 0 Å². The summed E-state index contributed by atoms with van der Waals surface area (Å²) in [6.45, 7) is 3.27. The van der Waals surface area contributed by atoms with Crippen molar-refractivity contribution in [3.63, 3.8) is 0 Å². The Balaban J connectivity index is 2.47. The first kappa shape index (κ1) is 12.0. The van der Waals surface area contributed by atoms with Crippen LogP contribution in [0.5, 0.6) is 0 Å². The Morgan fingerprint density at radius 1 is 1.14 bits per heavy atom. The molecule has 0 spiro atoms. The van der Waals surface area contributed by atoms with E-state index in [4.69, 9.17) is 0 Å². The fourth-order valence-electron chi connectivity index (χ4n) is 2.40. The van der Waals surface area contributed by atoms with E-state index in [2.05, 4.69) is 43.6 Å². The highest BCUT2D eigenvalue weighted by Gasteiger charge is 2.28. The van der Waals surface area contributed by atoms with Gasteiger partial charge in [-0.1, -0.05) is 6.92 Å². The molecule has 1 fully saturated rings. The molecule has 1 rings (SSSR count). The molecule has 84 valence electrons. The van der Waals surface area contributed by atoms with Crippen LogP contribution in [0.2, 0.25) is 0 Å². The molecule has 3 heteroatoms.